The predicted octanol–water partition coefficient (Wildman–Crippen LogP) is 3.28. The fourth-order valence-corrected chi connectivity index (χ4v) is 2.15. The van der Waals surface area contributed by atoms with Crippen LogP contribution in [0.1, 0.15) is 37.6 Å². The van der Waals surface area contributed by atoms with Gasteiger partial charge in [-0.1, -0.05) is 13.8 Å². The molecule has 0 aliphatic heterocycles. The molecule has 0 fully saturated rings. The average Bonchev–Trinajstić information content (AvgIpc) is 2.36. The first-order valence-corrected chi connectivity index (χ1v) is 6.33. The summed E-state index contributed by atoms with van der Waals surface area (Å²) in [7, 11) is 1.90. The minimum absolute atomic E-state index is 0.0595. The van der Waals surface area contributed by atoms with E-state index in [9.17, 15) is 14.9 Å². The van der Waals surface area contributed by atoms with Gasteiger partial charge < -0.3 is 4.90 Å². The van der Waals surface area contributed by atoms with Gasteiger partial charge in [0.2, 0.25) is 0 Å². The van der Waals surface area contributed by atoms with Crippen molar-refractivity contribution in [2.45, 2.75) is 33.2 Å². The highest BCUT2D eigenvalue weighted by Gasteiger charge is 2.17. The second-order valence-electron chi connectivity index (χ2n) is 5.21. The number of carbonyl (C=O) groups is 1. The molecule has 0 N–H and O–H groups in total. The van der Waals surface area contributed by atoms with E-state index >= 15 is 0 Å². The van der Waals surface area contributed by atoms with E-state index in [1.165, 1.54) is 12.1 Å². The first-order chi connectivity index (χ1) is 8.86. The lowest BCUT2D eigenvalue weighted by Crippen LogP contribution is -2.30. The lowest BCUT2D eigenvalue weighted by molar-refractivity contribution is -0.384. The molecule has 0 bridgehead atoms. The Morgan fingerprint density at radius 3 is 2.47 bits per heavy atom. The lowest BCUT2D eigenvalue weighted by Gasteiger charge is -2.29. The van der Waals surface area contributed by atoms with Crippen molar-refractivity contribution in [3.05, 3.63) is 33.9 Å². The van der Waals surface area contributed by atoms with Crippen molar-refractivity contribution in [2.75, 3.05) is 11.9 Å². The first-order valence-electron chi connectivity index (χ1n) is 6.33. The molecule has 0 spiro atoms. The lowest BCUT2D eigenvalue weighted by atomic mass is 10.0. The standard InChI is InChI=1S/C14H20N2O3/c1-10(2)7-11(3)15(4)14-6-5-13(16(18)19)8-12(14)9-17/h5-6,8-11H,7H2,1-4H3. The molecule has 0 saturated heterocycles. The van der Waals surface area contributed by atoms with Gasteiger partial charge in [0, 0.05) is 36.5 Å². The van der Waals surface area contributed by atoms with Gasteiger partial charge in [-0.05, 0) is 25.3 Å². The van der Waals surface area contributed by atoms with Crippen LogP contribution in [0.3, 0.4) is 0 Å². The molecule has 1 rings (SSSR count). The summed E-state index contributed by atoms with van der Waals surface area (Å²) in [5.41, 5.74) is 1.02. The number of hydrogen-bond acceptors (Lipinski definition) is 4. The van der Waals surface area contributed by atoms with Crippen LogP contribution in [-0.2, 0) is 0 Å². The summed E-state index contributed by atoms with van der Waals surface area (Å²) < 4.78 is 0. The normalized spacial score (nSPS) is 12.3. The van der Waals surface area contributed by atoms with Crippen molar-refractivity contribution in [3.63, 3.8) is 0 Å². The van der Waals surface area contributed by atoms with E-state index in [-0.39, 0.29) is 11.7 Å². The third-order valence-corrected chi connectivity index (χ3v) is 3.20. The molecule has 1 atom stereocenters. The van der Waals surface area contributed by atoms with Crippen molar-refractivity contribution in [1.29, 1.82) is 0 Å². The Kier molecular flexibility index (Phi) is 5.03. The number of carbonyl (C=O) groups excluding carboxylic acids is 1. The van der Waals surface area contributed by atoms with E-state index in [1.54, 1.807) is 6.07 Å². The summed E-state index contributed by atoms with van der Waals surface area (Å²) in [4.78, 5) is 23.3. The summed E-state index contributed by atoms with van der Waals surface area (Å²) in [6, 6.07) is 4.65. The van der Waals surface area contributed by atoms with Gasteiger partial charge in [0.15, 0.2) is 6.29 Å². The number of aldehydes is 1. The van der Waals surface area contributed by atoms with Gasteiger partial charge in [-0.3, -0.25) is 14.9 Å². The molecule has 0 saturated carbocycles. The van der Waals surface area contributed by atoms with Gasteiger partial charge in [0.05, 0.1) is 4.92 Å². The molecule has 5 nitrogen and oxygen atoms in total. The van der Waals surface area contributed by atoms with Crippen LogP contribution in [-0.4, -0.2) is 24.3 Å². The van der Waals surface area contributed by atoms with Crippen LogP contribution in [0.5, 0.6) is 0 Å². The van der Waals surface area contributed by atoms with Crippen molar-refractivity contribution < 1.29 is 9.72 Å². The highest BCUT2D eigenvalue weighted by atomic mass is 16.6. The van der Waals surface area contributed by atoms with E-state index in [0.29, 0.717) is 17.8 Å². The number of nitro groups is 1. The van der Waals surface area contributed by atoms with E-state index < -0.39 is 4.92 Å². The molecule has 0 radical (unpaired) electrons. The zero-order valence-corrected chi connectivity index (χ0v) is 11.8. The third-order valence-electron chi connectivity index (χ3n) is 3.20. The second-order valence-corrected chi connectivity index (χ2v) is 5.21. The molecule has 104 valence electrons. The summed E-state index contributed by atoms with van der Waals surface area (Å²) in [6.07, 6.45) is 1.66. The molecular weight excluding hydrogens is 244 g/mol. The van der Waals surface area contributed by atoms with Crippen LogP contribution in [0.4, 0.5) is 11.4 Å². The molecule has 0 heterocycles. The number of rotatable bonds is 6. The van der Waals surface area contributed by atoms with Gasteiger partial charge in [-0.2, -0.15) is 0 Å². The molecule has 0 aromatic heterocycles. The van der Waals surface area contributed by atoms with Crippen molar-refractivity contribution in [2.24, 2.45) is 5.92 Å². The predicted molar refractivity (Wildman–Crippen MR) is 75.8 cm³/mol. The molecule has 19 heavy (non-hydrogen) atoms. The Hall–Kier alpha value is -1.91. The maximum Gasteiger partial charge on any atom is 0.270 e. The zero-order chi connectivity index (χ0) is 14.6. The highest BCUT2D eigenvalue weighted by molar-refractivity contribution is 5.86. The topological polar surface area (TPSA) is 63.4 Å². The molecule has 1 aromatic rings. The van der Waals surface area contributed by atoms with Crippen molar-refractivity contribution in [1.82, 2.24) is 0 Å². The summed E-state index contributed by atoms with van der Waals surface area (Å²) in [5, 5.41) is 10.7. The van der Waals surface area contributed by atoms with Gasteiger partial charge >= 0.3 is 0 Å². The van der Waals surface area contributed by atoms with Gasteiger partial charge in [0.25, 0.3) is 5.69 Å². The van der Waals surface area contributed by atoms with Crippen LogP contribution >= 0.6 is 0 Å². The number of anilines is 1. The number of hydrogen-bond donors (Lipinski definition) is 0. The van der Waals surface area contributed by atoms with Crippen LogP contribution in [0.15, 0.2) is 18.2 Å². The maximum atomic E-state index is 11.1. The first kappa shape index (κ1) is 15.1. The molecule has 0 aliphatic rings. The number of nitro benzene ring substituents is 1. The largest absolute Gasteiger partial charge is 0.371 e. The molecule has 0 amide bonds. The Morgan fingerprint density at radius 2 is 2.00 bits per heavy atom. The molecule has 1 unspecified atom stereocenters. The third kappa shape index (κ3) is 3.77. The monoisotopic (exact) mass is 264 g/mol. The Labute approximate surface area is 113 Å². The van der Waals surface area contributed by atoms with E-state index in [0.717, 1.165) is 12.1 Å². The summed E-state index contributed by atoms with van der Waals surface area (Å²) in [6.45, 7) is 6.36. The Bertz CT molecular complexity index is 472. The summed E-state index contributed by atoms with van der Waals surface area (Å²) in [5.74, 6) is 0.551. The van der Waals surface area contributed by atoms with Crippen LogP contribution in [0.25, 0.3) is 0 Å². The maximum absolute atomic E-state index is 11.1. The van der Waals surface area contributed by atoms with Crippen molar-refractivity contribution >= 4 is 17.7 Å². The van der Waals surface area contributed by atoms with Crippen LogP contribution < -0.4 is 4.90 Å². The van der Waals surface area contributed by atoms with Gasteiger partial charge in [-0.15, -0.1) is 0 Å². The van der Waals surface area contributed by atoms with E-state index in [1.807, 2.05) is 11.9 Å². The van der Waals surface area contributed by atoms with Crippen molar-refractivity contribution in [3.8, 4) is 0 Å². The Balaban J connectivity index is 3.05. The highest BCUT2D eigenvalue weighted by Crippen LogP contribution is 2.26. The van der Waals surface area contributed by atoms with Gasteiger partial charge in [0.1, 0.15) is 0 Å². The number of nitrogens with zero attached hydrogens (tertiary/aromatic N) is 2. The SMILES string of the molecule is CC(C)CC(C)N(C)c1ccc([N+](=O)[O-])cc1C=O. The van der Waals surface area contributed by atoms with Crippen LogP contribution in [0, 0.1) is 16.0 Å². The molecular formula is C14H20N2O3. The van der Waals surface area contributed by atoms with E-state index in [4.69, 9.17) is 0 Å². The number of non-ortho nitro benzene ring substituents is 1. The zero-order valence-electron chi connectivity index (χ0n) is 11.8. The van der Waals surface area contributed by atoms with Gasteiger partial charge in [-0.25, -0.2) is 0 Å². The summed E-state index contributed by atoms with van der Waals surface area (Å²) >= 11 is 0. The minimum Gasteiger partial charge on any atom is -0.371 e. The molecule has 1 aromatic carbocycles. The fraction of sp³-hybridized carbons (Fsp3) is 0.500. The smallest absolute Gasteiger partial charge is 0.270 e. The second kappa shape index (κ2) is 6.31. The fourth-order valence-electron chi connectivity index (χ4n) is 2.15. The Morgan fingerprint density at radius 1 is 1.37 bits per heavy atom. The molecule has 0 aliphatic carbocycles. The quantitative estimate of drug-likeness (QED) is 0.449. The molecule has 5 heteroatoms. The van der Waals surface area contributed by atoms with E-state index in [2.05, 4.69) is 20.8 Å². The number of benzene rings is 1. The average molecular weight is 264 g/mol. The minimum atomic E-state index is -0.492. The van der Waals surface area contributed by atoms with Crippen LogP contribution in [0.2, 0.25) is 0 Å².